The lowest BCUT2D eigenvalue weighted by Crippen LogP contribution is -2.74. The Morgan fingerprint density at radius 3 is 2.28 bits per heavy atom. The molecule has 6 heterocycles. The van der Waals surface area contributed by atoms with E-state index >= 15 is 0 Å². The highest BCUT2D eigenvalue weighted by Gasteiger charge is 2.64. The molecule has 0 bridgehead atoms. The van der Waals surface area contributed by atoms with Gasteiger partial charge < -0.3 is 35.0 Å². The number of β-amino-alcohol motifs (C(OH)–C–C–N with tert-alkyl or cyclic N) is 1. The highest BCUT2D eigenvalue weighted by Crippen LogP contribution is 2.55. The van der Waals surface area contributed by atoms with E-state index < -0.39 is 29.0 Å². The van der Waals surface area contributed by atoms with Crippen LogP contribution in [-0.2, 0) is 9.59 Å². The van der Waals surface area contributed by atoms with Crippen molar-refractivity contribution in [1.82, 2.24) is 45.2 Å². The van der Waals surface area contributed by atoms with Gasteiger partial charge in [0.25, 0.3) is 5.91 Å². The Morgan fingerprint density at radius 1 is 0.903 bits per heavy atom. The lowest BCUT2D eigenvalue weighted by molar-refractivity contribution is -0.164. The maximum Gasteiger partial charge on any atom is 0.254 e. The number of anilines is 1. The maximum atomic E-state index is 14.4. The van der Waals surface area contributed by atoms with Crippen molar-refractivity contribution >= 4 is 46.6 Å². The van der Waals surface area contributed by atoms with Gasteiger partial charge in [0.1, 0.15) is 36.1 Å². The number of thiazole rings is 1. The monoisotopic (exact) mass is 1010 g/mol. The first-order valence-corrected chi connectivity index (χ1v) is 25.3. The summed E-state index contributed by atoms with van der Waals surface area (Å²) in [6.45, 7) is 17.0. The van der Waals surface area contributed by atoms with Crippen LogP contribution in [0.25, 0.3) is 21.6 Å². The van der Waals surface area contributed by atoms with Crippen molar-refractivity contribution < 1.29 is 29.0 Å². The predicted molar refractivity (Wildman–Crippen MR) is 272 cm³/mol. The number of aromatic nitrogens is 6. The van der Waals surface area contributed by atoms with E-state index in [2.05, 4.69) is 41.7 Å². The summed E-state index contributed by atoms with van der Waals surface area (Å²) in [5.41, 5.74) is 6.18. The number of nitriles is 1. The van der Waals surface area contributed by atoms with Gasteiger partial charge in [-0.3, -0.25) is 19.1 Å². The molecule has 3 N–H and O–H groups in total. The van der Waals surface area contributed by atoms with Crippen molar-refractivity contribution in [3.63, 3.8) is 0 Å². The van der Waals surface area contributed by atoms with E-state index in [0.717, 1.165) is 32.8 Å². The van der Waals surface area contributed by atoms with E-state index in [9.17, 15) is 24.8 Å². The molecule has 3 amide bonds. The van der Waals surface area contributed by atoms with Crippen LogP contribution in [0.15, 0.2) is 91.1 Å². The van der Waals surface area contributed by atoms with Gasteiger partial charge in [0.15, 0.2) is 0 Å². The molecule has 2 aliphatic heterocycles. The quantitative estimate of drug-likeness (QED) is 0.0905. The van der Waals surface area contributed by atoms with Crippen LogP contribution in [0.1, 0.15) is 94.1 Å². The lowest BCUT2D eigenvalue weighted by Gasteiger charge is -2.63. The number of amides is 3. The van der Waals surface area contributed by atoms with Gasteiger partial charge in [-0.25, -0.2) is 19.9 Å². The first-order valence-electron chi connectivity index (χ1n) is 24.0. The fraction of sp³-hybridized carbons (Fsp3) is 0.415. The smallest absolute Gasteiger partial charge is 0.254 e. The van der Waals surface area contributed by atoms with E-state index in [1.807, 2.05) is 108 Å². The van der Waals surface area contributed by atoms with Crippen LogP contribution in [0, 0.1) is 35.0 Å². The van der Waals surface area contributed by atoms with Crippen LogP contribution < -0.4 is 25.0 Å². The zero-order valence-corrected chi connectivity index (χ0v) is 43.0. The van der Waals surface area contributed by atoms with Crippen molar-refractivity contribution in [2.75, 3.05) is 24.5 Å². The fourth-order valence-electron chi connectivity index (χ4n) is 10.6. The number of likely N-dealkylation sites (tertiary alicyclic amines) is 1. The summed E-state index contributed by atoms with van der Waals surface area (Å²) in [6, 6.07) is 16.6. The summed E-state index contributed by atoms with van der Waals surface area (Å²) in [5, 5.41) is 31.2. The van der Waals surface area contributed by atoms with Gasteiger partial charge in [0, 0.05) is 72.3 Å². The second kappa shape index (κ2) is 19.9. The number of hydrogen-bond donors (Lipinski definition) is 3. The topological polar surface area (TPSA) is 214 Å². The number of benzene rings is 2. The predicted octanol–water partition coefficient (Wildman–Crippen LogP) is 7.61. The number of pyridine rings is 1. The number of nitrogens with one attached hydrogen (secondary N) is 2. The van der Waals surface area contributed by atoms with Gasteiger partial charge in [0.05, 0.1) is 63.7 Å². The van der Waals surface area contributed by atoms with Crippen molar-refractivity contribution in [3.8, 4) is 39.3 Å². The number of ether oxygens (including phenoxy) is 2. The molecule has 1 aliphatic carbocycles. The molecule has 72 heavy (non-hydrogen) atoms. The third-order valence-corrected chi connectivity index (χ3v) is 15.5. The molecule has 2 saturated heterocycles. The van der Waals surface area contributed by atoms with Crippen LogP contribution in [0.4, 0.5) is 5.95 Å². The first-order chi connectivity index (χ1) is 34.3. The van der Waals surface area contributed by atoms with Crippen molar-refractivity contribution in [1.29, 1.82) is 5.26 Å². The van der Waals surface area contributed by atoms with E-state index in [1.165, 1.54) is 17.3 Å². The third kappa shape index (κ3) is 9.85. The van der Waals surface area contributed by atoms with Crippen LogP contribution >= 0.6 is 22.9 Å². The summed E-state index contributed by atoms with van der Waals surface area (Å²) < 4.78 is 14.3. The van der Waals surface area contributed by atoms with Gasteiger partial charge in [-0.2, -0.15) is 10.4 Å². The molecule has 9 rings (SSSR count). The zero-order chi connectivity index (χ0) is 51.2. The Morgan fingerprint density at radius 2 is 1.62 bits per heavy atom. The molecular formula is C53H58ClN11O6S. The Balaban J connectivity index is 0.776. The molecule has 2 aromatic carbocycles. The zero-order valence-electron chi connectivity index (χ0n) is 41.4. The fourth-order valence-corrected chi connectivity index (χ4v) is 11.7. The van der Waals surface area contributed by atoms with E-state index in [-0.39, 0.29) is 60.9 Å². The largest absolute Gasteiger partial charge is 0.489 e. The number of carbonyl (C=O) groups is 3. The Kier molecular flexibility index (Phi) is 13.8. The molecule has 0 unspecified atom stereocenters. The minimum Gasteiger partial charge on any atom is -0.489 e. The van der Waals surface area contributed by atoms with Crippen LogP contribution in [0.5, 0.6) is 11.6 Å². The lowest BCUT2D eigenvalue weighted by atomic mass is 9.49. The summed E-state index contributed by atoms with van der Waals surface area (Å²) in [4.78, 5) is 64.0. The van der Waals surface area contributed by atoms with Gasteiger partial charge in [0.2, 0.25) is 23.6 Å². The molecule has 4 atom stereocenters. The number of aryl methyl sites for hydroxylation is 1. The van der Waals surface area contributed by atoms with Gasteiger partial charge in [-0.05, 0) is 54.7 Å². The highest BCUT2D eigenvalue weighted by molar-refractivity contribution is 7.13. The summed E-state index contributed by atoms with van der Waals surface area (Å²) in [7, 11) is 0. The Labute approximate surface area is 427 Å². The summed E-state index contributed by atoms with van der Waals surface area (Å²) >= 11 is 7.84. The van der Waals surface area contributed by atoms with Gasteiger partial charge in [-0.15, -0.1) is 11.3 Å². The third-order valence-electron chi connectivity index (χ3n) is 14.2. The number of halogens is 1. The molecule has 3 fully saturated rings. The number of nitrogens with zero attached hydrogens (tertiary/aromatic N) is 9. The van der Waals surface area contributed by atoms with E-state index in [1.54, 1.807) is 46.6 Å². The van der Waals surface area contributed by atoms with E-state index in [0.29, 0.717) is 46.8 Å². The molecule has 374 valence electrons. The molecule has 4 aromatic heterocycles. The van der Waals surface area contributed by atoms with E-state index in [4.69, 9.17) is 21.1 Å². The second-order valence-corrected chi connectivity index (χ2v) is 21.8. The maximum absolute atomic E-state index is 14.4. The van der Waals surface area contributed by atoms with Crippen LogP contribution in [0.3, 0.4) is 0 Å². The molecule has 0 spiro atoms. The SMILES string of the molecule is Cc1ncsc1-c1ccc([C@H](C)NC(=O)[C@@H]2C[C@@H](O)CN2C(=O)[C@H](C(C)C)n2cc(-c3ccnc(OC4CN(c5ncc(C(=O)NC6C(C)(C)C(Oc7ccc(C#N)c(Cl)c7)C6(C)C)cn5)C4)c3)cn2)cc1. The summed E-state index contributed by atoms with van der Waals surface area (Å²) in [5.74, 6) is 0.366. The number of carbonyl (C=O) groups excluding carboxylic acids is 3. The minimum atomic E-state index is -0.844. The molecule has 3 aliphatic rings. The molecule has 19 heteroatoms. The highest BCUT2D eigenvalue weighted by atomic mass is 35.5. The molecule has 1 saturated carbocycles. The first kappa shape index (κ1) is 50.0. The average molecular weight is 1010 g/mol. The number of rotatable bonds is 15. The van der Waals surface area contributed by atoms with Crippen molar-refractivity contribution in [3.05, 3.63) is 118 Å². The molecule has 6 aromatic rings. The number of aliphatic hydroxyl groups excluding tert-OH is 1. The van der Waals surface area contributed by atoms with Gasteiger partial charge >= 0.3 is 0 Å². The number of hydrogen-bond acceptors (Lipinski definition) is 14. The van der Waals surface area contributed by atoms with Crippen molar-refractivity contribution in [2.45, 2.75) is 104 Å². The van der Waals surface area contributed by atoms with Crippen molar-refractivity contribution in [2.24, 2.45) is 16.7 Å². The molecule has 0 radical (unpaired) electrons. The second-order valence-electron chi connectivity index (χ2n) is 20.5. The normalized spacial score (nSPS) is 21.0. The minimum absolute atomic E-state index is 0.0414. The Hall–Kier alpha value is -6.94. The molecular weight excluding hydrogens is 954 g/mol. The Bertz CT molecular complexity index is 3000. The van der Waals surface area contributed by atoms with Gasteiger partial charge in [-0.1, -0.05) is 77.4 Å². The number of aliphatic hydroxyl groups is 1. The standard InChI is InChI=1S/C53H58ClN11O6S/c1-29(2)44(48(69)64-25-38(66)18-42(64)47(68)61-30(3)32-9-11-33(12-10-32)45-31(4)59-28-72-45)65-24-37(23-60-65)34-15-16-56-43(17-34)70-40-26-63(27-40)51-57-21-36(22-58-51)46(67)62-49-52(5,6)50(53(49,7)8)71-39-14-13-35(20-55)41(54)19-39/h9-17,19,21-24,28-30,38,40,42,44,49-50,66H,18,25-27H2,1-8H3,(H,61,68)(H,62,67)/t30-,38+,42-,44-,49?,50?/m0/s1. The summed E-state index contributed by atoms with van der Waals surface area (Å²) in [6.07, 6.45) is 7.08. The van der Waals surface area contributed by atoms with Crippen LogP contribution in [-0.4, -0.2) is 107 Å². The average Bonchev–Trinajstić information content (AvgIpc) is 4.11. The van der Waals surface area contributed by atoms with Crippen LogP contribution in [0.2, 0.25) is 5.02 Å². The molecule has 17 nitrogen and oxygen atoms in total.